The maximum atomic E-state index is 12.4. The van der Waals surface area contributed by atoms with Gasteiger partial charge in [0, 0.05) is 44.4 Å². The van der Waals surface area contributed by atoms with E-state index in [1.165, 1.54) is 0 Å². The van der Waals surface area contributed by atoms with Crippen molar-refractivity contribution in [3.8, 4) is 0 Å². The molecule has 2 unspecified atom stereocenters. The molecule has 0 spiro atoms. The molecule has 0 saturated carbocycles. The molecule has 2 aromatic heterocycles. The average Bonchev–Trinajstić information content (AvgIpc) is 3.18. The second-order valence-electron chi connectivity index (χ2n) is 6.13. The fraction of sp³-hybridized carbons (Fsp3) is 0.353. The molecule has 3 heterocycles. The van der Waals surface area contributed by atoms with Gasteiger partial charge in [-0.15, -0.1) is 0 Å². The molecule has 1 fully saturated rings. The summed E-state index contributed by atoms with van der Waals surface area (Å²) in [5.74, 6) is -0.209. The van der Waals surface area contributed by atoms with Crippen LogP contribution in [-0.2, 0) is 27.9 Å². The minimum Gasteiger partial charge on any atom is -0.351 e. The summed E-state index contributed by atoms with van der Waals surface area (Å²) < 4.78 is 27.5. The van der Waals surface area contributed by atoms with E-state index in [1.54, 1.807) is 43.0 Å². The Balaban J connectivity index is 1.49. The molecular weight excluding hydrogens is 354 g/mol. The number of pyridine rings is 2. The Morgan fingerprint density at radius 1 is 1.12 bits per heavy atom. The van der Waals surface area contributed by atoms with E-state index in [9.17, 15) is 13.2 Å². The first-order valence-corrected chi connectivity index (χ1v) is 9.86. The zero-order valence-electron chi connectivity index (χ0n) is 14.1. The van der Waals surface area contributed by atoms with Gasteiger partial charge < -0.3 is 10.6 Å². The smallest absolute Gasteiger partial charge is 0.237 e. The van der Waals surface area contributed by atoms with Crippen molar-refractivity contribution in [2.24, 2.45) is 0 Å². The highest BCUT2D eigenvalue weighted by molar-refractivity contribution is 7.90. The molecule has 26 heavy (non-hydrogen) atoms. The summed E-state index contributed by atoms with van der Waals surface area (Å²) in [5.41, 5.74) is 1.67. The molecule has 9 heteroatoms. The van der Waals surface area contributed by atoms with Gasteiger partial charge in [0.05, 0.1) is 11.3 Å². The predicted octanol–water partition coefficient (Wildman–Crippen LogP) is -0.0571. The molecule has 0 aliphatic carbocycles. The second-order valence-corrected chi connectivity index (χ2v) is 8.17. The number of carbonyl (C=O) groups excluding carboxylic acids is 1. The van der Waals surface area contributed by atoms with Crippen molar-refractivity contribution in [3.63, 3.8) is 0 Å². The molecule has 138 valence electrons. The van der Waals surface area contributed by atoms with Gasteiger partial charge in [0.15, 0.2) is 0 Å². The quantitative estimate of drug-likeness (QED) is 0.625. The fourth-order valence-electron chi connectivity index (χ4n) is 2.76. The molecule has 1 aliphatic rings. The van der Waals surface area contributed by atoms with Crippen LogP contribution in [0.5, 0.6) is 0 Å². The number of sulfonamides is 1. The molecule has 0 radical (unpaired) electrons. The van der Waals surface area contributed by atoms with Crippen LogP contribution in [0.15, 0.2) is 49.1 Å². The Morgan fingerprint density at radius 3 is 2.38 bits per heavy atom. The molecule has 2 atom stereocenters. The molecule has 3 N–H and O–H groups in total. The van der Waals surface area contributed by atoms with Crippen LogP contribution in [0, 0.1) is 0 Å². The molecule has 8 nitrogen and oxygen atoms in total. The monoisotopic (exact) mass is 375 g/mol. The first-order valence-electron chi connectivity index (χ1n) is 8.32. The van der Waals surface area contributed by atoms with Gasteiger partial charge in [0.25, 0.3) is 0 Å². The second kappa shape index (κ2) is 8.35. The largest absolute Gasteiger partial charge is 0.351 e. The number of hydrogen-bond acceptors (Lipinski definition) is 6. The number of rotatable bonds is 7. The summed E-state index contributed by atoms with van der Waals surface area (Å²) in [4.78, 5) is 20.2. The Bertz CT molecular complexity index is 830. The Hall–Kier alpha value is -2.36. The molecule has 0 aromatic carbocycles. The maximum absolute atomic E-state index is 12.4. The fourth-order valence-corrected chi connectivity index (χ4v) is 4.12. The molecule has 1 amide bonds. The van der Waals surface area contributed by atoms with Gasteiger partial charge in [-0.3, -0.25) is 14.8 Å². The number of nitrogens with zero attached hydrogens (tertiary/aromatic N) is 2. The van der Waals surface area contributed by atoms with Gasteiger partial charge in [0.1, 0.15) is 0 Å². The molecule has 3 rings (SSSR count). The number of carbonyl (C=O) groups is 1. The molecular formula is C17H21N5O3S. The summed E-state index contributed by atoms with van der Waals surface area (Å²) in [7, 11) is -3.52. The van der Waals surface area contributed by atoms with Crippen LogP contribution in [-0.4, -0.2) is 42.1 Å². The summed E-state index contributed by atoms with van der Waals surface area (Å²) in [5, 5.41) is 5.15. The predicted molar refractivity (Wildman–Crippen MR) is 96.3 cm³/mol. The SMILES string of the molecule is O=C(NCc1cccnc1)C1CC(S(=O)(=O)NCc2cccnc2)CN1. The Labute approximate surface area is 152 Å². The van der Waals surface area contributed by atoms with Crippen molar-refractivity contribution in [1.29, 1.82) is 0 Å². The van der Waals surface area contributed by atoms with Crippen LogP contribution in [0.1, 0.15) is 17.5 Å². The number of hydrogen-bond donors (Lipinski definition) is 3. The summed E-state index contributed by atoms with van der Waals surface area (Å²) in [6.07, 6.45) is 6.83. The lowest BCUT2D eigenvalue weighted by molar-refractivity contribution is -0.122. The molecule has 0 bridgehead atoms. The molecule has 1 aliphatic heterocycles. The number of nitrogens with one attached hydrogen (secondary N) is 3. The molecule has 2 aromatic rings. The third-order valence-corrected chi connectivity index (χ3v) is 6.02. The third kappa shape index (κ3) is 4.84. The van der Waals surface area contributed by atoms with Crippen LogP contribution >= 0.6 is 0 Å². The van der Waals surface area contributed by atoms with Gasteiger partial charge in [-0.25, -0.2) is 13.1 Å². The van der Waals surface area contributed by atoms with Crippen molar-refractivity contribution in [1.82, 2.24) is 25.3 Å². The van der Waals surface area contributed by atoms with Gasteiger partial charge in [-0.05, 0) is 29.7 Å². The lowest BCUT2D eigenvalue weighted by atomic mass is 10.2. The topological polar surface area (TPSA) is 113 Å². The highest BCUT2D eigenvalue weighted by Gasteiger charge is 2.36. The van der Waals surface area contributed by atoms with Gasteiger partial charge in [-0.1, -0.05) is 12.1 Å². The van der Waals surface area contributed by atoms with E-state index in [-0.39, 0.29) is 25.4 Å². The molecule has 1 saturated heterocycles. The van der Waals surface area contributed by atoms with Crippen LogP contribution in [0.2, 0.25) is 0 Å². The zero-order chi connectivity index (χ0) is 18.4. The van der Waals surface area contributed by atoms with E-state index < -0.39 is 21.3 Å². The standard InChI is InChI=1S/C17H21N5O3S/c23-17(21-10-13-3-1-5-18-8-13)16-7-15(12-20-16)26(24,25)22-11-14-4-2-6-19-9-14/h1-6,8-9,15-16,20,22H,7,10-12H2,(H,21,23). The lowest BCUT2D eigenvalue weighted by Gasteiger charge is -2.13. The third-order valence-electron chi connectivity index (χ3n) is 4.24. The van der Waals surface area contributed by atoms with Gasteiger partial charge in [0.2, 0.25) is 15.9 Å². The van der Waals surface area contributed by atoms with Gasteiger partial charge >= 0.3 is 0 Å². The van der Waals surface area contributed by atoms with E-state index in [2.05, 4.69) is 25.3 Å². The normalized spacial score (nSPS) is 20.0. The summed E-state index contributed by atoms with van der Waals surface area (Å²) in [6, 6.07) is 6.70. The Morgan fingerprint density at radius 2 is 1.77 bits per heavy atom. The average molecular weight is 375 g/mol. The van der Waals surface area contributed by atoms with Crippen LogP contribution in [0.4, 0.5) is 0 Å². The van der Waals surface area contributed by atoms with E-state index >= 15 is 0 Å². The number of amides is 1. The van der Waals surface area contributed by atoms with Crippen LogP contribution in [0.25, 0.3) is 0 Å². The highest BCUT2D eigenvalue weighted by Crippen LogP contribution is 2.15. The summed E-state index contributed by atoms with van der Waals surface area (Å²) >= 11 is 0. The summed E-state index contributed by atoms with van der Waals surface area (Å²) in [6.45, 7) is 0.791. The highest BCUT2D eigenvalue weighted by atomic mass is 32.2. The minimum absolute atomic E-state index is 0.185. The van der Waals surface area contributed by atoms with Crippen molar-refractivity contribution in [2.45, 2.75) is 30.8 Å². The van der Waals surface area contributed by atoms with E-state index in [0.717, 1.165) is 11.1 Å². The van der Waals surface area contributed by atoms with E-state index in [0.29, 0.717) is 6.54 Å². The van der Waals surface area contributed by atoms with Crippen molar-refractivity contribution < 1.29 is 13.2 Å². The van der Waals surface area contributed by atoms with Crippen LogP contribution in [0.3, 0.4) is 0 Å². The van der Waals surface area contributed by atoms with Crippen molar-refractivity contribution in [3.05, 3.63) is 60.2 Å². The number of aromatic nitrogens is 2. The first kappa shape index (κ1) is 18.4. The zero-order valence-corrected chi connectivity index (χ0v) is 14.9. The van der Waals surface area contributed by atoms with Gasteiger partial charge in [-0.2, -0.15) is 0 Å². The Kier molecular flexibility index (Phi) is 5.92. The van der Waals surface area contributed by atoms with Crippen molar-refractivity contribution in [2.75, 3.05) is 6.54 Å². The van der Waals surface area contributed by atoms with E-state index in [1.807, 2.05) is 6.07 Å². The lowest BCUT2D eigenvalue weighted by Crippen LogP contribution is -2.40. The minimum atomic E-state index is -3.52. The maximum Gasteiger partial charge on any atom is 0.237 e. The first-order chi connectivity index (χ1) is 12.5. The van der Waals surface area contributed by atoms with Crippen LogP contribution < -0.4 is 15.4 Å². The van der Waals surface area contributed by atoms with Crippen molar-refractivity contribution >= 4 is 15.9 Å². The van der Waals surface area contributed by atoms with E-state index in [4.69, 9.17) is 0 Å².